The number of aryl methyl sites for hydroxylation is 1. The fourth-order valence-electron chi connectivity index (χ4n) is 4.04. The molecule has 0 fully saturated rings. The fraction of sp³-hybridized carbons (Fsp3) is 0.320. The molecule has 0 radical (unpaired) electrons. The second-order valence-corrected chi connectivity index (χ2v) is 10.3. The molecule has 3 aromatic rings. The zero-order chi connectivity index (χ0) is 24.1. The normalized spacial score (nSPS) is 17.4. The number of thiazole rings is 1. The van der Waals surface area contributed by atoms with Gasteiger partial charge in [0.25, 0.3) is 0 Å². The smallest absolute Gasteiger partial charge is 0.437 e. The van der Waals surface area contributed by atoms with Crippen molar-refractivity contribution in [1.82, 2.24) is 4.98 Å². The zero-order valence-electron chi connectivity index (χ0n) is 19.2. The lowest BCUT2D eigenvalue weighted by molar-refractivity contribution is -0.158. The fourth-order valence-corrected chi connectivity index (χ4v) is 5.30. The third-order valence-electron chi connectivity index (χ3n) is 5.53. The third-order valence-corrected chi connectivity index (χ3v) is 6.91. The second-order valence-electron chi connectivity index (χ2n) is 8.85. The molecule has 0 N–H and O–H groups in total. The molecule has 0 saturated carbocycles. The number of aromatic nitrogens is 1. The van der Waals surface area contributed by atoms with Crippen LogP contribution < -0.4 is 0 Å². The Kier molecular flexibility index (Phi) is 5.85. The molecule has 2 aromatic carbocycles. The van der Waals surface area contributed by atoms with E-state index in [1.807, 2.05) is 37.3 Å². The maximum absolute atomic E-state index is 13.6. The third kappa shape index (κ3) is 4.16. The quantitative estimate of drug-likeness (QED) is 0.390. The highest BCUT2D eigenvalue weighted by Crippen LogP contribution is 2.44. The minimum Gasteiger partial charge on any atom is -0.437 e. The number of rotatable bonds is 3. The van der Waals surface area contributed by atoms with E-state index in [4.69, 9.17) is 30.8 Å². The Morgan fingerprint density at radius 2 is 1.85 bits per heavy atom. The van der Waals surface area contributed by atoms with Crippen molar-refractivity contribution in [3.05, 3.63) is 58.3 Å². The Morgan fingerprint density at radius 3 is 2.52 bits per heavy atom. The number of fused-ring (bicyclic) bond motifs is 1. The lowest BCUT2D eigenvalue weighted by Gasteiger charge is -2.41. The van der Waals surface area contributed by atoms with Crippen LogP contribution in [0.15, 0.2) is 42.2 Å². The predicted octanol–water partition coefficient (Wildman–Crippen LogP) is 6.58. The van der Waals surface area contributed by atoms with Crippen LogP contribution in [0.3, 0.4) is 0 Å². The summed E-state index contributed by atoms with van der Waals surface area (Å²) in [6.45, 7) is 8.84. The van der Waals surface area contributed by atoms with Crippen molar-refractivity contribution in [3.63, 3.8) is 0 Å². The maximum Gasteiger partial charge on any atom is 0.513 e. The highest BCUT2D eigenvalue weighted by molar-refractivity contribution is 7.21. The van der Waals surface area contributed by atoms with Gasteiger partial charge in [-0.3, -0.25) is 4.79 Å². The van der Waals surface area contributed by atoms with Crippen LogP contribution in [0.2, 0.25) is 5.02 Å². The number of hydrogen-bond acceptors (Lipinski definition) is 7. The van der Waals surface area contributed by atoms with Gasteiger partial charge in [-0.15, -0.1) is 11.3 Å². The van der Waals surface area contributed by atoms with E-state index in [2.05, 4.69) is 0 Å². The van der Waals surface area contributed by atoms with Gasteiger partial charge in [0.15, 0.2) is 11.5 Å². The van der Waals surface area contributed by atoms with Crippen molar-refractivity contribution in [1.29, 1.82) is 0 Å². The molecule has 0 saturated heterocycles. The summed E-state index contributed by atoms with van der Waals surface area (Å²) >= 11 is 7.83. The van der Waals surface area contributed by atoms with Gasteiger partial charge in [0.1, 0.15) is 21.7 Å². The Balaban J connectivity index is 1.95. The van der Waals surface area contributed by atoms with Gasteiger partial charge in [-0.2, -0.15) is 0 Å². The number of hydrogen-bond donors (Lipinski definition) is 0. The van der Waals surface area contributed by atoms with Crippen LogP contribution >= 0.6 is 22.9 Å². The van der Waals surface area contributed by atoms with Crippen molar-refractivity contribution >= 4 is 50.7 Å². The van der Waals surface area contributed by atoms with Crippen molar-refractivity contribution in [2.75, 3.05) is 7.11 Å². The minimum absolute atomic E-state index is 0.117. The van der Waals surface area contributed by atoms with E-state index in [1.165, 1.54) is 18.4 Å². The molecule has 0 amide bonds. The van der Waals surface area contributed by atoms with Gasteiger partial charge in [-0.25, -0.2) is 9.78 Å². The van der Waals surface area contributed by atoms with Gasteiger partial charge < -0.3 is 14.2 Å². The SMILES string of the molecule is COC(=O)OC1=C(c2cc(-c3nc4c(Cl)cccc4s3)ccc2C)C(=O)C(C)(C)OC1(C)C. The molecule has 8 heteroatoms. The van der Waals surface area contributed by atoms with Crippen molar-refractivity contribution in [2.24, 2.45) is 0 Å². The van der Waals surface area contributed by atoms with Gasteiger partial charge in [0, 0.05) is 5.56 Å². The number of methoxy groups -OCH3 is 1. The summed E-state index contributed by atoms with van der Waals surface area (Å²) in [7, 11) is 1.22. The Labute approximate surface area is 201 Å². The zero-order valence-corrected chi connectivity index (χ0v) is 20.8. The van der Waals surface area contributed by atoms with Crippen molar-refractivity contribution in [2.45, 2.75) is 45.8 Å². The van der Waals surface area contributed by atoms with E-state index in [-0.39, 0.29) is 11.5 Å². The van der Waals surface area contributed by atoms with E-state index >= 15 is 0 Å². The number of carbonyl (C=O) groups is 2. The van der Waals surface area contributed by atoms with E-state index in [0.717, 1.165) is 26.4 Å². The van der Waals surface area contributed by atoms with E-state index in [1.54, 1.807) is 33.8 Å². The number of para-hydroxylation sites is 1. The van der Waals surface area contributed by atoms with Gasteiger partial charge in [0.2, 0.25) is 0 Å². The molecular formula is C25H24ClNO5S. The average molecular weight is 486 g/mol. The first-order chi connectivity index (χ1) is 15.4. The van der Waals surface area contributed by atoms with E-state index in [9.17, 15) is 9.59 Å². The van der Waals surface area contributed by atoms with E-state index < -0.39 is 17.4 Å². The molecule has 4 rings (SSSR count). The Bertz CT molecular complexity index is 1320. The molecule has 0 unspecified atom stereocenters. The van der Waals surface area contributed by atoms with Gasteiger partial charge in [-0.1, -0.05) is 29.8 Å². The van der Waals surface area contributed by atoms with Crippen LogP contribution in [0.1, 0.15) is 38.8 Å². The van der Waals surface area contributed by atoms with E-state index in [0.29, 0.717) is 16.2 Å². The predicted molar refractivity (Wildman–Crippen MR) is 129 cm³/mol. The van der Waals surface area contributed by atoms with Crippen LogP contribution in [0.5, 0.6) is 0 Å². The molecule has 0 spiro atoms. The van der Waals surface area contributed by atoms with Crippen LogP contribution in [-0.2, 0) is 19.0 Å². The summed E-state index contributed by atoms with van der Waals surface area (Å²) in [5.74, 6) is -0.167. The van der Waals surface area contributed by atoms with Gasteiger partial charge >= 0.3 is 6.16 Å². The summed E-state index contributed by atoms with van der Waals surface area (Å²) in [5, 5.41) is 1.36. The number of ether oxygens (including phenoxy) is 3. The number of carbonyl (C=O) groups excluding carboxylic acids is 2. The number of benzene rings is 2. The van der Waals surface area contributed by atoms with Gasteiger partial charge in [0.05, 0.1) is 22.4 Å². The molecule has 0 atom stereocenters. The highest BCUT2D eigenvalue weighted by atomic mass is 35.5. The molecule has 172 valence electrons. The van der Waals surface area contributed by atoms with Crippen LogP contribution in [0.25, 0.3) is 26.4 Å². The maximum atomic E-state index is 13.6. The molecular weight excluding hydrogens is 462 g/mol. The number of halogens is 1. The first kappa shape index (κ1) is 23.4. The Morgan fingerprint density at radius 1 is 1.12 bits per heavy atom. The highest BCUT2D eigenvalue weighted by Gasteiger charge is 2.49. The molecule has 1 aliphatic rings. The lowest BCUT2D eigenvalue weighted by atomic mass is 9.81. The monoisotopic (exact) mass is 485 g/mol. The Hall–Kier alpha value is -2.74. The molecule has 1 aliphatic heterocycles. The molecule has 1 aromatic heterocycles. The molecule has 2 heterocycles. The number of nitrogens with zero attached hydrogens (tertiary/aromatic N) is 1. The molecule has 6 nitrogen and oxygen atoms in total. The number of ketones is 1. The number of Topliss-reactive ketones (excluding diaryl/α,β-unsaturated/α-hetero) is 1. The summed E-state index contributed by atoms with van der Waals surface area (Å²) < 4.78 is 17.2. The van der Waals surface area contributed by atoms with Gasteiger partial charge in [-0.05, 0) is 63.9 Å². The largest absolute Gasteiger partial charge is 0.513 e. The lowest BCUT2D eigenvalue weighted by Crippen LogP contribution is -2.50. The summed E-state index contributed by atoms with van der Waals surface area (Å²) in [6.07, 6.45) is -0.915. The first-order valence-corrected chi connectivity index (χ1v) is 11.6. The minimum atomic E-state index is -1.12. The summed E-state index contributed by atoms with van der Waals surface area (Å²) in [5.41, 5.74) is 1.18. The summed E-state index contributed by atoms with van der Waals surface area (Å²) in [6, 6.07) is 11.4. The van der Waals surface area contributed by atoms with Crippen LogP contribution in [0, 0.1) is 6.92 Å². The average Bonchev–Trinajstić information content (AvgIpc) is 3.18. The molecule has 0 aliphatic carbocycles. The second kappa shape index (κ2) is 8.24. The molecule has 33 heavy (non-hydrogen) atoms. The topological polar surface area (TPSA) is 74.7 Å². The standard InChI is InChI=1S/C25H24ClNO5S/c1-13-10-11-14(22-27-19-16(26)8-7-9-17(19)33-22)12-15(13)18-20(28)24(2,3)32-25(4,5)21(18)31-23(29)30-6/h7-12H,1-6H3. The first-order valence-electron chi connectivity index (χ1n) is 10.4. The molecule has 0 bridgehead atoms. The van der Waals surface area contributed by atoms with Crippen LogP contribution in [0.4, 0.5) is 4.79 Å². The summed E-state index contributed by atoms with van der Waals surface area (Å²) in [4.78, 5) is 30.3. The van der Waals surface area contributed by atoms with Crippen molar-refractivity contribution < 1.29 is 23.8 Å². The van der Waals surface area contributed by atoms with Crippen LogP contribution in [-0.4, -0.2) is 35.2 Å². The van der Waals surface area contributed by atoms with Crippen molar-refractivity contribution in [3.8, 4) is 10.6 Å².